The first-order chi connectivity index (χ1) is 16.1. The average molecular weight is 467 g/mol. The van der Waals surface area contributed by atoms with Crippen molar-refractivity contribution in [2.75, 3.05) is 6.61 Å². The van der Waals surface area contributed by atoms with Gasteiger partial charge in [-0.1, -0.05) is 69.3 Å². The molecule has 0 bridgehead atoms. The van der Waals surface area contributed by atoms with Gasteiger partial charge in [-0.3, -0.25) is 4.79 Å². The number of hydrogen-bond donors (Lipinski definition) is 3. The number of rotatable bonds is 9. The standard InChI is InChI=1S/C27H34N2O5/c1-6-22(24(30)31)28-25(32)27(4,5)23(16(2)3)29-26(33)34-15-21-19-13-9-7-11-17(19)18-12-8-10-14-20(18)21/h7-14,16,21-23H,6,15H2,1-5H3,(H,28,32)(H,29,33)(H,30,31). The molecule has 7 nitrogen and oxygen atoms in total. The van der Waals surface area contributed by atoms with Gasteiger partial charge in [0, 0.05) is 12.0 Å². The highest BCUT2D eigenvalue weighted by molar-refractivity contribution is 5.88. The van der Waals surface area contributed by atoms with E-state index < -0.39 is 35.5 Å². The van der Waals surface area contributed by atoms with Gasteiger partial charge in [0.15, 0.2) is 0 Å². The van der Waals surface area contributed by atoms with E-state index in [4.69, 9.17) is 4.74 Å². The van der Waals surface area contributed by atoms with Crippen molar-refractivity contribution in [3.8, 4) is 11.1 Å². The Morgan fingerprint density at radius 2 is 1.50 bits per heavy atom. The summed E-state index contributed by atoms with van der Waals surface area (Å²) in [4.78, 5) is 37.1. The Balaban J connectivity index is 1.70. The number of fused-ring (bicyclic) bond motifs is 3. The summed E-state index contributed by atoms with van der Waals surface area (Å²) in [6.45, 7) is 9.07. The SMILES string of the molecule is CCC(NC(=O)C(C)(C)C(NC(=O)OCC1c2ccccc2-c2ccccc21)C(C)C)C(=O)O. The first-order valence-corrected chi connectivity index (χ1v) is 11.7. The summed E-state index contributed by atoms with van der Waals surface area (Å²) < 4.78 is 5.66. The molecule has 2 unspecified atom stereocenters. The van der Waals surface area contributed by atoms with Gasteiger partial charge in [0.05, 0.1) is 5.41 Å². The molecule has 2 atom stereocenters. The first kappa shape index (κ1) is 25.3. The molecule has 2 aromatic rings. The van der Waals surface area contributed by atoms with E-state index in [1.165, 1.54) is 0 Å². The van der Waals surface area contributed by atoms with E-state index in [0.29, 0.717) is 0 Å². The van der Waals surface area contributed by atoms with Gasteiger partial charge in [0.2, 0.25) is 5.91 Å². The highest BCUT2D eigenvalue weighted by Gasteiger charge is 2.41. The lowest BCUT2D eigenvalue weighted by molar-refractivity contribution is -0.144. The van der Waals surface area contributed by atoms with Crippen LogP contribution in [-0.4, -0.2) is 41.8 Å². The third kappa shape index (κ3) is 5.08. The summed E-state index contributed by atoms with van der Waals surface area (Å²) >= 11 is 0. The molecule has 1 aliphatic rings. The Bertz CT molecular complexity index is 1020. The second kappa shape index (κ2) is 10.3. The molecular weight excluding hydrogens is 432 g/mol. The molecule has 1 aliphatic carbocycles. The molecule has 0 fully saturated rings. The highest BCUT2D eigenvalue weighted by Crippen LogP contribution is 2.44. The summed E-state index contributed by atoms with van der Waals surface area (Å²) in [5.41, 5.74) is 3.48. The first-order valence-electron chi connectivity index (χ1n) is 11.7. The van der Waals surface area contributed by atoms with Crippen molar-refractivity contribution in [2.45, 2.75) is 59.0 Å². The van der Waals surface area contributed by atoms with Crippen LogP contribution in [0, 0.1) is 11.3 Å². The summed E-state index contributed by atoms with van der Waals surface area (Å²) in [7, 11) is 0. The molecule has 0 heterocycles. The molecule has 7 heteroatoms. The van der Waals surface area contributed by atoms with Crippen molar-refractivity contribution >= 4 is 18.0 Å². The summed E-state index contributed by atoms with van der Waals surface area (Å²) in [6, 6.07) is 14.7. The fraction of sp³-hybridized carbons (Fsp3) is 0.444. The minimum atomic E-state index is -1.09. The molecule has 0 radical (unpaired) electrons. The van der Waals surface area contributed by atoms with Crippen LogP contribution in [0.5, 0.6) is 0 Å². The Labute approximate surface area is 200 Å². The van der Waals surface area contributed by atoms with E-state index in [1.54, 1.807) is 20.8 Å². The number of carbonyl (C=O) groups is 3. The number of hydrogen-bond acceptors (Lipinski definition) is 4. The fourth-order valence-corrected chi connectivity index (χ4v) is 4.77. The molecule has 3 N–H and O–H groups in total. The van der Waals surface area contributed by atoms with Crippen LogP contribution in [0.4, 0.5) is 4.79 Å². The Morgan fingerprint density at radius 3 is 1.97 bits per heavy atom. The van der Waals surface area contributed by atoms with Gasteiger partial charge in [-0.25, -0.2) is 9.59 Å². The number of aliphatic carboxylic acids is 1. The Hall–Kier alpha value is -3.35. The maximum Gasteiger partial charge on any atom is 0.407 e. The molecule has 0 saturated carbocycles. The third-order valence-electron chi connectivity index (χ3n) is 6.66. The van der Waals surface area contributed by atoms with E-state index in [-0.39, 0.29) is 24.9 Å². The van der Waals surface area contributed by atoms with Gasteiger partial charge in [0.25, 0.3) is 0 Å². The summed E-state index contributed by atoms with van der Waals surface area (Å²) in [5, 5.41) is 14.7. The third-order valence-corrected chi connectivity index (χ3v) is 6.66. The Morgan fingerprint density at radius 1 is 0.971 bits per heavy atom. The van der Waals surface area contributed by atoms with Crippen molar-refractivity contribution in [2.24, 2.45) is 11.3 Å². The quantitative estimate of drug-likeness (QED) is 0.503. The van der Waals surface area contributed by atoms with Gasteiger partial charge in [0.1, 0.15) is 12.6 Å². The monoisotopic (exact) mass is 466 g/mol. The van der Waals surface area contributed by atoms with Crippen LogP contribution in [-0.2, 0) is 14.3 Å². The zero-order valence-electron chi connectivity index (χ0n) is 20.4. The molecule has 182 valence electrons. The number of alkyl carbamates (subject to hydrolysis) is 1. The topological polar surface area (TPSA) is 105 Å². The largest absolute Gasteiger partial charge is 0.480 e. The number of carboxylic acid groups (broad SMARTS) is 1. The summed E-state index contributed by atoms with van der Waals surface area (Å²) in [5.74, 6) is -1.67. The van der Waals surface area contributed by atoms with Crippen LogP contribution in [0.15, 0.2) is 48.5 Å². The smallest absolute Gasteiger partial charge is 0.407 e. The molecule has 0 aliphatic heterocycles. The van der Waals surface area contributed by atoms with Crippen molar-refractivity contribution in [3.05, 3.63) is 59.7 Å². The minimum absolute atomic E-state index is 0.0622. The normalized spacial score (nSPS) is 14.6. The van der Waals surface area contributed by atoms with Crippen molar-refractivity contribution in [1.29, 1.82) is 0 Å². The van der Waals surface area contributed by atoms with E-state index in [9.17, 15) is 19.5 Å². The zero-order chi connectivity index (χ0) is 25.0. The van der Waals surface area contributed by atoms with Crippen LogP contribution in [0.1, 0.15) is 58.1 Å². The maximum absolute atomic E-state index is 12.9. The number of carboxylic acids is 1. The highest BCUT2D eigenvalue weighted by atomic mass is 16.5. The summed E-state index contributed by atoms with van der Waals surface area (Å²) in [6.07, 6.45) is -0.338. The maximum atomic E-state index is 12.9. The average Bonchev–Trinajstić information content (AvgIpc) is 3.12. The van der Waals surface area contributed by atoms with Crippen molar-refractivity contribution < 1.29 is 24.2 Å². The molecule has 34 heavy (non-hydrogen) atoms. The number of benzene rings is 2. The minimum Gasteiger partial charge on any atom is -0.480 e. The molecule has 2 amide bonds. The lowest BCUT2D eigenvalue weighted by atomic mass is 9.77. The number of nitrogens with one attached hydrogen (secondary N) is 2. The van der Waals surface area contributed by atoms with Crippen molar-refractivity contribution in [1.82, 2.24) is 10.6 Å². The molecule has 0 spiro atoms. The van der Waals surface area contributed by atoms with Crippen LogP contribution in [0.2, 0.25) is 0 Å². The lowest BCUT2D eigenvalue weighted by Gasteiger charge is -2.36. The number of carbonyl (C=O) groups excluding carboxylic acids is 2. The Kier molecular flexibility index (Phi) is 7.64. The molecule has 0 saturated heterocycles. The van der Waals surface area contributed by atoms with Gasteiger partial charge < -0.3 is 20.5 Å². The predicted octanol–water partition coefficient (Wildman–Crippen LogP) is 4.56. The fourth-order valence-electron chi connectivity index (χ4n) is 4.77. The van der Waals surface area contributed by atoms with Gasteiger partial charge >= 0.3 is 12.1 Å². The van der Waals surface area contributed by atoms with E-state index >= 15 is 0 Å². The van der Waals surface area contributed by atoms with Gasteiger partial charge in [-0.2, -0.15) is 0 Å². The predicted molar refractivity (Wildman–Crippen MR) is 130 cm³/mol. The van der Waals surface area contributed by atoms with Crippen LogP contribution >= 0.6 is 0 Å². The van der Waals surface area contributed by atoms with Crippen molar-refractivity contribution in [3.63, 3.8) is 0 Å². The molecular formula is C27H34N2O5. The number of ether oxygens (including phenoxy) is 1. The molecule has 0 aromatic heterocycles. The molecule has 3 rings (SSSR count). The zero-order valence-corrected chi connectivity index (χ0v) is 20.4. The second-order valence-corrected chi connectivity index (χ2v) is 9.69. The van der Waals surface area contributed by atoms with Gasteiger partial charge in [-0.15, -0.1) is 0 Å². The van der Waals surface area contributed by atoms with E-state index in [1.807, 2.05) is 38.1 Å². The van der Waals surface area contributed by atoms with Gasteiger partial charge in [-0.05, 0) is 48.4 Å². The lowest BCUT2D eigenvalue weighted by Crippen LogP contribution is -2.57. The van der Waals surface area contributed by atoms with Crippen LogP contribution in [0.25, 0.3) is 11.1 Å². The molecule has 2 aromatic carbocycles. The van der Waals surface area contributed by atoms with E-state index in [0.717, 1.165) is 22.3 Å². The van der Waals surface area contributed by atoms with Crippen LogP contribution in [0.3, 0.4) is 0 Å². The van der Waals surface area contributed by atoms with Crippen LogP contribution < -0.4 is 10.6 Å². The second-order valence-electron chi connectivity index (χ2n) is 9.69. The van der Waals surface area contributed by atoms with E-state index in [2.05, 4.69) is 34.9 Å². The number of amides is 2.